The number of carbonyl (C=O) groups excluding carboxylic acids is 1. The summed E-state index contributed by atoms with van der Waals surface area (Å²) in [5, 5.41) is 10.2. The van der Waals surface area contributed by atoms with Gasteiger partial charge in [0.05, 0.1) is 24.5 Å². The summed E-state index contributed by atoms with van der Waals surface area (Å²) in [7, 11) is 1.58. The number of anilines is 1. The molecule has 2 aromatic rings. The molecule has 0 saturated carbocycles. The van der Waals surface area contributed by atoms with Gasteiger partial charge in [-0.2, -0.15) is 0 Å². The average molecular weight is 362 g/mol. The second-order valence-corrected chi connectivity index (χ2v) is 6.02. The van der Waals surface area contributed by atoms with Crippen molar-refractivity contribution < 1.29 is 14.6 Å². The van der Waals surface area contributed by atoms with Gasteiger partial charge < -0.3 is 14.7 Å². The molecule has 1 N–H and O–H groups in total. The fraction of sp³-hybridized carbons (Fsp3) is 0.235. The van der Waals surface area contributed by atoms with Crippen molar-refractivity contribution in [3.63, 3.8) is 0 Å². The molecule has 3 rings (SSSR count). The Labute approximate surface area is 137 Å². The van der Waals surface area contributed by atoms with E-state index in [2.05, 4.69) is 15.9 Å². The molecule has 1 unspecified atom stereocenters. The maximum absolute atomic E-state index is 12.8. The molecule has 0 aromatic heterocycles. The van der Waals surface area contributed by atoms with E-state index in [1.807, 2.05) is 24.3 Å². The summed E-state index contributed by atoms with van der Waals surface area (Å²) in [4.78, 5) is 14.5. The SMILES string of the molecule is COc1ccc2c(c1)C(O)CCN2C(=O)c1ccccc1Br. The largest absolute Gasteiger partial charge is 0.497 e. The first-order valence-corrected chi connectivity index (χ1v) is 7.83. The van der Waals surface area contributed by atoms with E-state index >= 15 is 0 Å². The van der Waals surface area contributed by atoms with Gasteiger partial charge in [-0.1, -0.05) is 12.1 Å². The molecule has 0 bridgehead atoms. The van der Waals surface area contributed by atoms with Gasteiger partial charge >= 0.3 is 0 Å². The van der Waals surface area contributed by atoms with Crippen LogP contribution >= 0.6 is 15.9 Å². The zero-order chi connectivity index (χ0) is 15.7. The summed E-state index contributed by atoms with van der Waals surface area (Å²) in [6.45, 7) is 0.487. The van der Waals surface area contributed by atoms with Crippen molar-refractivity contribution in [2.24, 2.45) is 0 Å². The number of carbonyl (C=O) groups is 1. The number of benzene rings is 2. The van der Waals surface area contributed by atoms with Gasteiger partial charge in [-0.15, -0.1) is 0 Å². The fourth-order valence-corrected chi connectivity index (χ4v) is 3.14. The summed E-state index contributed by atoms with van der Waals surface area (Å²) in [6, 6.07) is 12.8. The molecule has 1 aliphatic heterocycles. The molecule has 0 spiro atoms. The summed E-state index contributed by atoms with van der Waals surface area (Å²) >= 11 is 3.42. The number of amides is 1. The van der Waals surface area contributed by atoms with E-state index in [9.17, 15) is 9.90 Å². The van der Waals surface area contributed by atoms with Crippen LogP contribution in [0.15, 0.2) is 46.9 Å². The molecule has 2 aromatic carbocycles. The van der Waals surface area contributed by atoms with E-state index in [0.717, 1.165) is 15.7 Å². The Balaban J connectivity index is 2.02. The third-order valence-corrected chi connectivity index (χ3v) is 4.55. The van der Waals surface area contributed by atoms with Crippen LogP contribution in [0.1, 0.15) is 28.4 Å². The summed E-state index contributed by atoms with van der Waals surface area (Å²) in [5.74, 6) is 0.596. The molecule has 4 nitrogen and oxygen atoms in total. The zero-order valence-electron chi connectivity index (χ0n) is 12.1. The number of halogens is 1. The highest BCUT2D eigenvalue weighted by Crippen LogP contribution is 2.37. The van der Waals surface area contributed by atoms with Crippen molar-refractivity contribution in [3.05, 3.63) is 58.1 Å². The van der Waals surface area contributed by atoms with Gasteiger partial charge in [-0.3, -0.25) is 4.79 Å². The Bertz CT molecular complexity index is 717. The van der Waals surface area contributed by atoms with Crippen LogP contribution in [0.25, 0.3) is 0 Å². The van der Waals surface area contributed by atoms with E-state index in [-0.39, 0.29) is 5.91 Å². The molecule has 0 saturated heterocycles. The van der Waals surface area contributed by atoms with Crippen molar-refractivity contribution in [1.82, 2.24) is 0 Å². The van der Waals surface area contributed by atoms with Gasteiger partial charge in [-0.25, -0.2) is 0 Å². The quantitative estimate of drug-likeness (QED) is 0.889. The number of hydrogen-bond acceptors (Lipinski definition) is 3. The van der Waals surface area contributed by atoms with Gasteiger partial charge in [0.1, 0.15) is 5.75 Å². The molecular formula is C17H16BrNO3. The van der Waals surface area contributed by atoms with Crippen LogP contribution in [0.2, 0.25) is 0 Å². The highest BCUT2D eigenvalue weighted by atomic mass is 79.9. The zero-order valence-corrected chi connectivity index (χ0v) is 13.7. The predicted molar refractivity (Wildman–Crippen MR) is 88.4 cm³/mol. The first-order chi connectivity index (χ1) is 10.6. The van der Waals surface area contributed by atoms with Crippen LogP contribution in [-0.2, 0) is 0 Å². The Morgan fingerprint density at radius 2 is 2.09 bits per heavy atom. The Hall–Kier alpha value is -1.85. The molecule has 0 fully saturated rings. The van der Waals surface area contributed by atoms with E-state index < -0.39 is 6.10 Å². The maximum Gasteiger partial charge on any atom is 0.259 e. The first-order valence-electron chi connectivity index (χ1n) is 7.04. The maximum atomic E-state index is 12.8. The topological polar surface area (TPSA) is 49.8 Å². The van der Waals surface area contributed by atoms with Crippen LogP contribution in [0.3, 0.4) is 0 Å². The van der Waals surface area contributed by atoms with Crippen molar-refractivity contribution >= 4 is 27.5 Å². The predicted octanol–water partition coefficient (Wildman–Crippen LogP) is 3.54. The van der Waals surface area contributed by atoms with Gasteiger partial charge in [-0.05, 0) is 52.7 Å². The lowest BCUT2D eigenvalue weighted by Crippen LogP contribution is -2.36. The number of ether oxygens (including phenoxy) is 1. The normalized spacial score (nSPS) is 17.0. The number of methoxy groups -OCH3 is 1. The van der Waals surface area contributed by atoms with Crippen LogP contribution in [0.4, 0.5) is 5.69 Å². The fourth-order valence-electron chi connectivity index (χ4n) is 2.69. The van der Waals surface area contributed by atoms with Crippen molar-refractivity contribution in [1.29, 1.82) is 0 Å². The monoisotopic (exact) mass is 361 g/mol. The molecule has 1 amide bonds. The molecule has 114 valence electrons. The van der Waals surface area contributed by atoms with Gasteiger partial charge in [0.2, 0.25) is 0 Å². The van der Waals surface area contributed by atoms with Crippen molar-refractivity contribution in [2.75, 3.05) is 18.6 Å². The third-order valence-electron chi connectivity index (χ3n) is 3.86. The molecule has 0 radical (unpaired) electrons. The number of rotatable bonds is 2. The molecule has 0 aliphatic carbocycles. The third kappa shape index (κ3) is 2.62. The lowest BCUT2D eigenvalue weighted by Gasteiger charge is -2.32. The number of nitrogens with zero attached hydrogens (tertiary/aromatic N) is 1. The summed E-state index contributed by atoms with van der Waals surface area (Å²) < 4.78 is 5.97. The molecule has 1 atom stereocenters. The van der Waals surface area contributed by atoms with Crippen LogP contribution in [0, 0.1) is 0 Å². The number of fused-ring (bicyclic) bond motifs is 1. The number of aliphatic hydroxyl groups is 1. The summed E-state index contributed by atoms with van der Waals surface area (Å²) in [5.41, 5.74) is 2.08. The Morgan fingerprint density at radius 3 is 2.82 bits per heavy atom. The van der Waals surface area contributed by atoms with E-state index in [4.69, 9.17) is 4.74 Å². The highest BCUT2D eigenvalue weighted by Gasteiger charge is 2.29. The molecular weight excluding hydrogens is 346 g/mol. The first kappa shape index (κ1) is 15.1. The molecule has 1 heterocycles. The van der Waals surface area contributed by atoms with E-state index in [1.165, 1.54) is 0 Å². The second-order valence-electron chi connectivity index (χ2n) is 5.17. The van der Waals surface area contributed by atoms with Gasteiger partial charge in [0, 0.05) is 16.6 Å². The van der Waals surface area contributed by atoms with E-state index in [0.29, 0.717) is 24.3 Å². The number of aliphatic hydroxyl groups excluding tert-OH is 1. The van der Waals surface area contributed by atoms with Crippen molar-refractivity contribution in [3.8, 4) is 5.75 Å². The van der Waals surface area contributed by atoms with Crippen molar-refractivity contribution in [2.45, 2.75) is 12.5 Å². The smallest absolute Gasteiger partial charge is 0.259 e. The molecule has 22 heavy (non-hydrogen) atoms. The minimum Gasteiger partial charge on any atom is -0.497 e. The van der Waals surface area contributed by atoms with Gasteiger partial charge in [0.15, 0.2) is 0 Å². The van der Waals surface area contributed by atoms with Crippen LogP contribution < -0.4 is 9.64 Å². The Morgan fingerprint density at radius 1 is 1.32 bits per heavy atom. The summed E-state index contributed by atoms with van der Waals surface area (Å²) in [6.07, 6.45) is -0.0653. The molecule has 1 aliphatic rings. The second kappa shape index (κ2) is 6.10. The minimum atomic E-state index is -0.576. The van der Waals surface area contributed by atoms with Crippen LogP contribution in [-0.4, -0.2) is 24.7 Å². The standard InChI is InChI=1S/C17H16BrNO3/c1-22-11-6-7-15-13(10-11)16(20)8-9-19(15)17(21)12-4-2-3-5-14(12)18/h2-7,10,16,20H,8-9H2,1H3. The van der Waals surface area contributed by atoms with Gasteiger partial charge in [0.25, 0.3) is 5.91 Å². The van der Waals surface area contributed by atoms with E-state index in [1.54, 1.807) is 30.2 Å². The molecule has 5 heteroatoms. The number of hydrogen-bond donors (Lipinski definition) is 1. The average Bonchev–Trinajstić information content (AvgIpc) is 2.55. The lowest BCUT2D eigenvalue weighted by molar-refractivity contribution is 0.0969. The van der Waals surface area contributed by atoms with Crippen LogP contribution in [0.5, 0.6) is 5.75 Å². The Kier molecular flexibility index (Phi) is 4.18. The highest BCUT2D eigenvalue weighted by molar-refractivity contribution is 9.10. The lowest BCUT2D eigenvalue weighted by atomic mass is 9.97. The minimum absolute atomic E-state index is 0.0780.